The van der Waals surface area contributed by atoms with Gasteiger partial charge in [-0.15, -0.1) is 0 Å². The second-order valence-corrected chi connectivity index (χ2v) is 16.6. The van der Waals surface area contributed by atoms with E-state index >= 15 is 0 Å². The van der Waals surface area contributed by atoms with Crippen LogP contribution in [0.1, 0.15) is 58.6 Å². The molecule has 2 rings (SSSR count). The van der Waals surface area contributed by atoms with Crippen LogP contribution < -0.4 is 48.7 Å². The van der Waals surface area contributed by atoms with Gasteiger partial charge in [-0.3, -0.25) is 38.4 Å². The molecule has 0 saturated heterocycles. The molecule has 0 bridgehead atoms. The molecule has 21 nitrogen and oxygen atoms in total. The minimum atomic E-state index is -1.72. The molecule has 9 atom stereocenters. The van der Waals surface area contributed by atoms with Crippen LogP contribution in [-0.4, -0.2) is 135 Å². The fourth-order valence-corrected chi connectivity index (χ4v) is 6.46. The highest BCUT2D eigenvalue weighted by Crippen LogP contribution is 2.13. The Balaban J connectivity index is 2.39. The van der Waals surface area contributed by atoms with Gasteiger partial charge in [-0.1, -0.05) is 56.3 Å². The number of phenolic OH excluding ortho intramolecular Hbond substituents is 1. The second kappa shape index (κ2) is 26.4. The number of carboxylic acids is 1. The first-order valence-corrected chi connectivity index (χ1v) is 21.8. The number of primary amides is 1. The van der Waals surface area contributed by atoms with Crippen molar-refractivity contribution in [2.75, 3.05) is 12.0 Å². The average Bonchev–Trinajstić information content (AvgIpc) is 3.22. The molecule has 0 heterocycles. The van der Waals surface area contributed by atoms with E-state index in [-0.39, 0.29) is 25.0 Å². The van der Waals surface area contributed by atoms with Crippen LogP contribution in [-0.2, 0) is 56.0 Å². The molecule has 14 N–H and O–H groups in total. The largest absolute Gasteiger partial charge is 0.508 e. The SMILES string of the molecule is CSCC[C@H](NC(=O)[C@@H](NC(=O)[C@H](C)NC(=O)[C@H](Cc1ccccc1)NC(=O)[C@H](CC(N)=O)NC(=O)[C@H](Cc1ccc(O)cc1)NC(=O)[C@@H](NC(=O)[C@H](C)N)C(C)C)[C@@H](C)O)C(=O)O. The van der Waals surface area contributed by atoms with E-state index in [0.29, 0.717) is 16.9 Å². The fraction of sp³-hybridized carbons (Fsp3) is 0.500. The van der Waals surface area contributed by atoms with Crippen molar-refractivity contribution < 1.29 is 58.5 Å². The van der Waals surface area contributed by atoms with Gasteiger partial charge in [0, 0.05) is 12.8 Å². The van der Waals surface area contributed by atoms with E-state index in [1.165, 1.54) is 56.8 Å². The Bertz CT molecular complexity index is 1940. The number of carbonyl (C=O) groups is 9. The highest BCUT2D eigenvalue weighted by atomic mass is 32.2. The number of nitrogens with two attached hydrogens (primary N) is 2. The molecule has 2 aromatic carbocycles. The average molecular weight is 916 g/mol. The minimum Gasteiger partial charge on any atom is -0.508 e. The van der Waals surface area contributed by atoms with Crippen LogP contribution >= 0.6 is 11.8 Å². The first-order chi connectivity index (χ1) is 30.0. The van der Waals surface area contributed by atoms with Crippen LogP contribution in [0.2, 0.25) is 0 Å². The molecule has 0 aliphatic carbocycles. The van der Waals surface area contributed by atoms with Gasteiger partial charge in [0.25, 0.3) is 0 Å². The molecule has 0 fully saturated rings. The van der Waals surface area contributed by atoms with Crippen molar-refractivity contribution >= 4 is 65.0 Å². The number of aliphatic hydroxyl groups excluding tert-OH is 1. The fourth-order valence-electron chi connectivity index (χ4n) is 5.99. The molecule has 2 aromatic rings. The van der Waals surface area contributed by atoms with E-state index in [2.05, 4.69) is 37.2 Å². The van der Waals surface area contributed by atoms with Crippen LogP contribution in [0.3, 0.4) is 0 Å². The summed E-state index contributed by atoms with van der Waals surface area (Å²) in [5.41, 5.74) is 12.2. The number of aromatic hydroxyl groups is 1. The predicted molar refractivity (Wildman–Crippen MR) is 236 cm³/mol. The van der Waals surface area contributed by atoms with Gasteiger partial charge in [0.15, 0.2) is 0 Å². The highest BCUT2D eigenvalue weighted by molar-refractivity contribution is 7.98. The molecule has 352 valence electrons. The Hall–Kier alpha value is -6.26. The van der Waals surface area contributed by atoms with Crippen LogP contribution in [0.4, 0.5) is 0 Å². The number of carboxylic acid groups (broad SMARTS) is 1. The summed E-state index contributed by atoms with van der Waals surface area (Å²) < 4.78 is 0. The highest BCUT2D eigenvalue weighted by Gasteiger charge is 2.35. The normalized spacial score (nSPS) is 15.3. The van der Waals surface area contributed by atoms with Gasteiger partial charge >= 0.3 is 5.97 Å². The number of thioether (sulfide) groups is 1. The monoisotopic (exact) mass is 915 g/mol. The van der Waals surface area contributed by atoms with E-state index < -0.39 is 120 Å². The maximum atomic E-state index is 14.0. The molecular weight excluding hydrogens is 855 g/mol. The van der Waals surface area contributed by atoms with Crippen molar-refractivity contribution in [3.05, 3.63) is 65.7 Å². The molecule has 0 aliphatic heterocycles. The van der Waals surface area contributed by atoms with Gasteiger partial charge in [0.05, 0.1) is 18.6 Å². The summed E-state index contributed by atoms with van der Waals surface area (Å²) in [4.78, 5) is 118. The Morgan fingerprint density at radius 2 is 1.06 bits per heavy atom. The molecular formula is C42H61N9O12S. The minimum absolute atomic E-state index is 0.0688. The summed E-state index contributed by atoms with van der Waals surface area (Å²) in [5, 5.41) is 46.8. The summed E-state index contributed by atoms with van der Waals surface area (Å²) in [6.45, 7) is 7.19. The molecule has 0 spiro atoms. The molecule has 0 unspecified atom stereocenters. The topological polar surface area (TPSA) is 351 Å². The van der Waals surface area contributed by atoms with Crippen molar-refractivity contribution in [2.45, 2.75) is 115 Å². The number of hydrogen-bond donors (Lipinski definition) is 12. The zero-order valence-electron chi connectivity index (χ0n) is 36.6. The van der Waals surface area contributed by atoms with E-state index in [1.54, 1.807) is 50.4 Å². The van der Waals surface area contributed by atoms with Crippen molar-refractivity contribution in [3.8, 4) is 5.75 Å². The van der Waals surface area contributed by atoms with Crippen molar-refractivity contribution in [1.82, 2.24) is 37.2 Å². The lowest BCUT2D eigenvalue weighted by atomic mass is 10.00. The van der Waals surface area contributed by atoms with Gasteiger partial charge in [0.2, 0.25) is 47.3 Å². The Kier molecular flexibility index (Phi) is 22.2. The summed E-state index contributed by atoms with van der Waals surface area (Å²) in [6, 6.07) is 3.00. The van der Waals surface area contributed by atoms with Crippen LogP contribution in [0.25, 0.3) is 0 Å². The smallest absolute Gasteiger partial charge is 0.326 e. The van der Waals surface area contributed by atoms with E-state index in [9.17, 15) is 58.5 Å². The standard InChI is InChI=1S/C42H61N9O12S/c1-21(2)33(50-35(55)22(3)43)40(60)49-30(19-26-12-14-27(53)15-13-26)38(58)48-31(20-32(44)54)39(59)47-29(18-25-10-8-7-9-11-25)37(57)45-23(4)36(56)51-34(24(5)52)41(61)46-28(42(62)63)16-17-64-6/h7-15,21-24,28-31,33-34,52-53H,16-20,43H2,1-6H3,(H2,44,54)(H,45,57)(H,46,61)(H,47,59)(H,48,58)(H,49,60)(H,50,55)(H,51,56)(H,62,63)/t22-,23-,24+,28-,29-,30-,31-,33-,34-/m0/s1. The molecule has 64 heavy (non-hydrogen) atoms. The lowest BCUT2D eigenvalue weighted by Gasteiger charge is -2.28. The number of amides is 8. The van der Waals surface area contributed by atoms with Gasteiger partial charge in [0.1, 0.15) is 48.0 Å². The Labute approximate surface area is 375 Å². The maximum absolute atomic E-state index is 14.0. The zero-order chi connectivity index (χ0) is 48.3. The van der Waals surface area contributed by atoms with E-state index in [1.807, 2.05) is 0 Å². The van der Waals surface area contributed by atoms with E-state index in [4.69, 9.17) is 11.5 Å². The van der Waals surface area contributed by atoms with Crippen LogP contribution in [0.5, 0.6) is 5.75 Å². The van der Waals surface area contributed by atoms with E-state index in [0.717, 1.165) is 0 Å². The number of rotatable bonds is 26. The number of carbonyl (C=O) groups excluding carboxylic acids is 8. The summed E-state index contributed by atoms with van der Waals surface area (Å²) in [6.07, 6.45) is -0.794. The third-order valence-electron chi connectivity index (χ3n) is 9.66. The first kappa shape index (κ1) is 53.9. The third-order valence-corrected chi connectivity index (χ3v) is 10.3. The number of benzene rings is 2. The van der Waals surface area contributed by atoms with Gasteiger partial charge in [-0.05, 0) is 68.4 Å². The molecule has 0 aliphatic rings. The first-order valence-electron chi connectivity index (χ1n) is 20.4. The number of aliphatic carboxylic acids is 1. The summed E-state index contributed by atoms with van der Waals surface area (Å²) >= 11 is 1.36. The third kappa shape index (κ3) is 18.2. The summed E-state index contributed by atoms with van der Waals surface area (Å²) in [5.74, 6) is -8.76. The van der Waals surface area contributed by atoms with Crippen molar-refractivity contribution in [2.24, 2.45) is 17.4 Å². The number of phenols is 1. The Morgan fingerprint density at radius 1 is 0.594 bits per heavy atom. The van der Waals surface area contributed by atoms with Crippen molar-refractivity contribution in [1.29, 1.82) is 0 Å². The Morgan fingerprint density at radius 3 is 1.56 bits per heavy atom. The molecule has 0 aromatic heterocycles. The maximum Gasteiger partial charge on any atom is 0.326 e. The number of aliphatic hydroxyl groups is 1. The zero-order valence-corrected chi connectivity index (χ0v) is 37.4. The second-order valence-electron chi connectivity index (χ2n) is 15.6. The molecule has 0 saturated carbocycles. The molecule has 8 amide bonds. The van der Waals surface area contributed by atoms with Crippen molar-refractivity contribution in [3.63, 3.8) is 0 Å². The van der Waals surface area contributed by atoms with Crippen LogP contribution in [0, 0.1) is 5.92 Å². The number of nitrogens with one attached hydrogen (secondary N) is 7. The molecule has 22 heteroatoms. The van der Waals surface area contributed by atoms with Gasteiger partial charge < -0.3 is 64.0 Å². The van der Waals surface area contributed by atoms with Gasteiger partial charge in [-0.25, -0.2) is 4.79 Å². The predicted octanol–water partition coefficient (Wildman–Crippen LogP) is -2.31. The van der Waals surface area contributed by atoms with Gasteiger partial charge in [-0.2, -0.15) is 11.8 Å². The summed E-state index contributed by atoms with van der Waals surface area (Å²) in [7, 11) is 0. The lowest BCUT2D eigenvalue weighted by molar-refractivity contribution is -0.143. The quantitative estimate of drug-likeness (QED) is 0.0472. The number of hydrogen-bond acceptors (Lipinski definition) is 13. The van der Waals surface area contributed by atoms with Crippen LogP contribution in [0.15, 0.2) is 54.6 Å². The molecule has 0 radical (unpaired) electrons. The lowest BCUT2D eigenvalue weighted by Crippen LogP contribution is -2.61.